The third kappa shape index (κ3) is 5.16. The monoisotopic (exact) mass is 430 g/mol. The van der Waals surface area contributed by atoms with E-state index in [4.69, 9.17) is 4.74 Å². The molecule has 1 aromatic heterocycles. The number of nitrogens with zero attached hydrogens (tertiary/aromatic N) is 1. The maximum absolute atomic E-state index is 12.8. The fourth-order valence-corrected chi connectivity index (χ4v) is 4.53. The molecule has 0 radical (unpaired) electrons. The third-order valence-electron chi connectivity index (χ3n) is 4.35. The molecule has 0 aliphatic carbocycles. The van der Waals surface area contributed by atoms with Crippen LogP contribution < -0.4 is 9.46 Å². The molecule has 3 rings (SSSR count). The summed E-state index contributed by atoms with van der Waals surface area (Å²) < 4.78 is 32.8. The predicted molar refractivity (Wildman–Crippen MR) is 115 cm³/mol. The number of methoxy groups -OCH3 is 1. The summed E-state index contributed by atoms with van der Waals surface area (Å²) in [5.74, 6) is 0.506. The summed E-state index contributed by atoms with van der Waals surface area (Å²) in [4.78, 5) is 15.7. The number of amides is 1. The van der Waals surface area contributed by atoms with Crippen LogP contribution in [0, 0.1) is 0 Å². The molecule has 0 atom stereocenters. The number of hydrogen-bond donors (Lipinski definition) is 1. The molecule has 3 aromatic rings. The molecule has 2 aromatic carbocycles. The molecular weight excluding hydrogens is 408 g/mol. The normalized spacial score (nSPS) is 11.1. The lowest BCUT2D eigenvalue weighted by Crippen LogP contribution is -2.30. The quantitative estimate of drug-likeness (QED) is 0.581. The minimum absolute atomic E-state index is 0.0890. The van der Waals surface area contributed by atoms with Gasteiger partial charge in [0.1, 0.15) is 5.75 Å². The minimum Gasteiger partial charge on any atom is -0.497 e. The van der Waals surface area contributed by atoms with Crippen LogP contribution in [0.15, 0.2) is 70.9 Å². The van der Waals surface area contributed by atoms with Crippen LogP contribution >= 0.6 is 11.3 Å². The zero-order valence-corrected chi connectivity index (χ0v) is 17.8. The van der Waals surface area contributed by atoms with E-state index < -0.39 is 10.0 Å². The molecular formula is C21H22N2O4S2. The van der Waals surface area contributed by atoms with E-state index in [-0.39, 0.29) is 10.8 Å². The highest BCUT2D eigenvalue weighted by molar-refractivity contribution is 7.92. The van der Waals surface area contributed by atoms with Gasteiger partial charge in [0, 0.05) is 22.7 Å². The molecule has 29 heavy (non-hydrogen) atoms. The molecule has 1 N–H and O–H groups in total. The fraction of sp³-hybridized carbons (Fsp3) is 0.190. The maximum atomic E-state index is 12.8. The highest BCUT2D eigenvalue weighted by Crippen LogP contribution is 2.20. The van der Waals surface area contributed by atoms with Gasteiger partial charge in [0.2, 0.25) is 0 Å². The van der Waals surface area contributed by atoms with E-state index in [0.717, 1.165) is 4.88 Å². The van der Waals surface area contributed by atoms with Gasteiger partial charge in [-0.25, -0.2) is 8.42 Å². The highest BCUT2D eigenvalue weighted by atomic mass is 32.2. The largest absolute Gasteiger partial charge is 0.497 e. The van der Waals surface area contributed by atoms with E-state index in [2.05, 4.69) is 4.72 Å². The SMILES string of the molecule is CCN(Cc1cccs1)C(=O)c1ccc(S(=O)(=O)Nc2ccc(OC)cc2)cc1. The van der Waals surface area contributed by atoms with Gasteiger partial charge in [0.25, 0.3) is 15.9 Å². The summed E-state index contributed by atoms with van der Waals surface area (Å²) in [5, 5.41) is 1.98. The average molecular weight is 431 g/mol. The summed E-state index contributed by atoms with van der Waals surface area (Å²) >= 11 is 1.60. The Morgan fingerprint density at radius 3 is 2.31 bits per heavy atom. The van der Waals surface area contributed by atoms with Crippen LogP contribution in [0.25, 0.3) is 0 Å². The Balaban J connectivity index is 1.73. The number of nitrogens with one attached hydrogen (secondary N) is 1. The minimum atomic E-state index is -3.76. The first kappa shape index (κ1) is 20.9. The van der Waals surface area contributed by atoms with Gasteiger partial charge in [-0.1, -0.05) is 6.07 Å². The van der Waals surface area contributed by atoms with Gasteiger partial charge in [-0.05, 0) is 66.9 Å². The molecule has 1 amide bonds. The van der Waals surface area contributed by atoms with E-state index in [9.17, 15) is 13.2 Å². The number of thiophene rings is 1. The van der Waals surface area contributed by atoms with Crippen LogP contribution in [-0.2, 0) is 16.6 Å². The van der Waals surface area contributed by atoms with Crippen molar-refractivity contribution in [3.63, 3.8) is 0 Å². The van der Waals surface area contributed by atoms with Crippen LogP contribution in [0.2, 0.25) is 0 Å². The van der Waals surface area contributed by atoms with Gasteiger partial charge in [0.05, 0.1) is 18.6 Å². The Morgan fingerprint density at radius 1 is 1.07 bits per heavy atom. The van der Waals surface area contributed by atoms with Gasteiger partial charge in [-0.2, -0.15) is 0 Å². The van der Waals surface area contributed by atoms with Crippen molar-refractivity contribution in [1.29, 1.82) is 0 Å². The smallest absolute Gasteiger partial charge is 0.261 e. The zero-order chi connectivity index (χ0) is 20.9. The summed E-state index contributed by atoms with van der Waals surface area (Å²) in [6.07, 6.45) is 0. The second-order valence-electron chi connectivity index (χ2n) is 6.26. The molecule has 0 spiro atoms. The van der Waals surface area contributed by atoms with Gasteiger partial charge in [-0.15, -0.1) is 11.3 Å². The number of benzene rings is 2. The van der Waals surface area contributed by atoms with E-state index in [0.29, 0.717) is 30.1 Å². The number of rotatable bonds is 8. The standard InChI is InChI=1S/C21H22N2O4S2/c1-3-23(15-19-5-4-14-28-19)21(24)16-6-12-20(13-7-16)29(25,26)22-17-8-10-18(27-2)11-9-17/h4-14,22H,3,15H2,1-2H3. The van der Waals surface area contributed by atoms with Crippen molar-refractivity contribution in [3.05, 3.63) is 76.5 Å². The Morgan fingerprint density at radius 2 is 1.76 bits per heavy atom. The van der Waals surface area contributed by atoms with Crippen molar-refractivity contribution >= 4 is 33.0 Å². The number of carbonyl (C=O) groups excluding carboxylic acids is 1. The van der Waals surface area contributed by atoms with Crippen LogP contribution in [0.4, 0.5) is 5.69 Å². The number of anilines is 1. The number of sulfonamides is 1. The molecule has 0 unspecified atom stereocenters. The van der Waals surface area contributed by atoms with Crippen molar-refractivity contribution in [1.82, 2.24) is 4.90 Å². The number of carbonyl (C=O) groups is 1. The molecule has 6 nitrogen and oxygen atoms in total. The number of hydrogen-bond acceptors (Lipinski definition) is 5. The molecule has 0 fully saturated rings. The van der Waals surface area contributed by atoms with E-state index >= 15 is 0 Å². The lowest BCUT2D eigenvalue weighted by Gasteiger charge is -2.20. The molecule has 0 aliphatic heterocycles. The van der Waals surface area contributed by atoms with Crippen molar-refractivity contribution in [2.75, 3.05) is 18.4 Å². The lowest BCUT2D eigenvalue weighted by molar-refractivity contribution is 0.0754. The van der Waals surface area contributed by atoms with Crippen molar-refractivity contribution in [3.8, 4) is 5.75 Å². The highest BCUT2D eigenvalue weighted by Gasteiger charge is 2.18. The Kier molecular flexibility index (Phi) is 6.56. The second-order valence-corrected chi connectivity index (χ2v) is 8.97. The van der Waals surface area contributed by atoms with Gasteiger partial charge >= 0.3 is 0 Å². The first-order valence-electron chi connectivity index (χ1n) is 9.01. The van der Waals surface area contributed by atoms with Crippen LogP contribution in [0.5, 0.6) is 5.75 Å². The van der Waals surface area contributed by atoms with E-state index in [1.54, 1.807) is 59.7 Å². The topological polar surface area (TPSA) is 75.7 Å². The molecule has 8 heteroatoms. The summed E-state index contributed by atoms with van der Waals surface area (Å²) in [6, 6.07) is 16.5. The molecule has 1 heterocycles. The Labute approximate surface area is 174 Å². The van der Waals surface area contributed by atoms with Gasteiger partial charge in [-0.3, -0.25) is 9.52 Å². The molecule has 0 saturated carbocycles. The lowest BCUT2D eigenvalue weighted by atomic mass is 10.2. The van der Waals surface area contributed by atoms with Crippen molar-refractivity contribution in [2.45, 2.75) is 18.4 Å². The Bertz CT molecular complexity index is 1050. The van der Waals surface area contributed by atoms with E-state index in [1.807, 2.05) is 24.4 Å². The van der Waals surface area contributed by atoms with E-state index in [1.165, 1.54) is 12.1 Å². The average Bonchev–Trinajstić information content (AvgIpc) is 3.25. The van der Waals surface area contributed by atoms with Crippen molar-refractivity contribution < 1.29 is 17.9 Å². The molecule has 0 aliphatic rings. The Hall–Kier alpha value is -2.84. The second kappa shape index (κ2) is 9.11. The van der Waals surface area contributed by atoms with Crippen molar-refractivity contribution in [2.24, 2.45) is 0 Å². The van der Waals surface area contributed by atoms with Gasteiger partial charge < -0.3 is 9.64 Å². The fourth-order valence-electron chi connectivity index (χ4n) is 2.75. The molecule has 152 valence electrons. The first-order chi connectivity index (χ1) is 13.9. The maximum Gasteiger partial charge on any atom is 0.261 e. The predicted octanol–water partition coefficient (Wildman–Crippen LogP) is 4.22. The first-order valence-corrected chi connectivity index (χ1v) is 11.4. The third-order valence-corrected chi connectivity index (χ3v) is 6.61. The summed E-state index contributed by atoms with van der Waals surface area (Å²) in [5.41, 5.74) is 0.880. The number of ether oxygens (including phenoxy) is 1. The summed E-state index contributed by atoms with van der Waals surface area (Å²) in [6.45, 7) is 3.02. The summed E-state index contributed by atoms with van der Waals surface area (Å²) in [7, 11) is -2.21. The van der Waals surface area contributed by atoms with Crippen LogP contribution in [0.1, 0.15) is 22.2 Å². The van der Waals surface area contributed by atoms with Crippen LogP contribution in [0.3, 0.4) is 0 Å². The zero-order valence-electron chi connectivity index (χ0n) is 16.2. The molecule has 0 saturated heterocycles. The van der Waals surface area contributed by atoms with Crippen LogP contribution in [-0.4, -0.2) is 32.9 Å². The molecule has 0 bridgehead atoms. The van der Waals surface area contributed by atoms with Gasteiger partial charge in [0.15, 0.2) is 0 Å².